The molecule has 9 heteroatoms. The first-order valence-electron chi connectivity index (χ1n) is 11.3. The van der Waals surface area contributed by atoms with Gasteiger partial charge < -0.3 is 5.32 Å². The van der Waals surface area contributed by atoms with Crippen LogP contribution in [0.25, 0.3) is 0 Å². The van der Waals surface area contributed by atoms with Crippen molar-refractivity contribution in [1.29, 1.82) is 0 Å². The highest BCUT2D eigenvalue weighted by molar-refractivity contribution is 7.99. The lowest BCUT2D eigenvalue weighted by Crippen LogP contribution is -2.31. The fraction of sp³-hybridized carbons (Fsp3) is 0.360. The molecule has 0 spiro atoms. The van der Waals surface area contributed by atoms with Gasteiger partial charge >= 0.3 is 5.69 Å². The zero-order valence-corrected chi connectivity index (χ0v) is 20.5. The number of nitrogens with one attached hydrogen (secondary N) is 1. The Morgan fingerprint density at radius 1 is 1.06 bits per heavy atom. The van der Waals surface area contributed by atoms with Gasteiger partial charge in [0.1, 0.15) is 11.4 Å². The van der Waals surface area contributed by atoms with E-state index in [2.05, 4.69) is 27.4 Å². The number of nitro groups is 1. The standard InChI is InChI=1S/C25H29N5O3S/c1-17-14-21(15-28-10-12-34-13-11-28)6-9-23(17)26-25(31)22-7-4-20(5-8-22)16-29-19(3)24(30(32)33)18(2)27-29/h4-9,14H,10-13,15-16H2,1-3H3,(H,26,31). The lowest BCUT2D eigenvalue weighted by atomic mass is 10.1. The molecule has 1 amide bonds. The molecule has 0 saturated carbocycles. The molecule has 1 fully saturated rings. The molecular weight excluding hydrogens is 450 g/mol. The lowest BCUT2D eigenvalue weighted by Gasteiger charge is -2.26. The summed E-state index contributed by atoms with van der Waals surface area (Å²) in [6.07, 6.45) is 0. The van der Waals surface area contributed by atoms with E-state index in [9.17, 15) is 14.9 Å². The van der Waals surface area contributed by atoms with Crippen LogP contribution in [0, 0.1) is 30.9 Å². The Labute approximate surface area is 203 Å². The fourth-order valence-electron chi connectivity index (χ4n) is 4.22. The number of thioether (sulfide) groups is 1. The number of benzene rings is 2. The fourth-order valence-corrected chi connectivity index (χ4v) is 5.20. The highest BCUT2D eigenvalue weighted by atomic mass is 32.2. The van der Waals surface area contributed by atoms with Gasteiger partial charge in [-0.1, -0.05) is 24.3 Å². The molecule has 0 radical (unpaired) electrons. The summed E-state index contributed by atoms with van der Waals surface area (Å²) in [4.78, 5) is 26.1. The van der Waals surface area contributed by atoms with Gasteiger partial charge in [-0.2, -0.15) is 16.9 Å². The van der Waals surface area contributed by atoms with Crippen molar-refractivity contribution in [1.82, 2.24) is 14.7 Å². The summed E-state index contributed by atoms with van der Waals surface area (Å²) in [5.74, 6) is 2.21. The predicted molar refractivity (Wildman–Crippen MR) is 136 cm³/mol. The van der Waals surface area contributed by atoms with E-state index in [-0.39, 0.29) is 11.6 Å². The summed E-state index contributed by atoms with van der Waals surface area (Å²) >= 11 is 2.01. The first-order valence-corrected chi connectivity index (χ1v) is 12.5. The number of nitrogens with zero attached hydrogens (tertiary/aromatic N) is 4. The van der Waals surface area contributed by atoms with E-state index < -0.39 is 4.92 Å². The van der Waals surface area contributed by atoms with Gasteiger partial charge in [-0.15, -0.1) is 0 Å². The molecule has 0 bridgehead atoms. The zero-order chi connectivity index (χ0) is 24.2. The second kappa shape index (κ2) is 10.4. The molecule has 3 aromatic rings. The van der Waals surface area contributed by atoms with Crippen LogP contribution in [0.3, 0.4) is 0 Å². The summed E-state index contributed by atoms with van der Waals surface area (Å²) in [6.45, 7) is 8.93. The molecule has 1 aliphatic rings. The van der Waals surface area contributed by atoms with Crippen molar-refractivity contribution in [3.05, 3.63) is 86.2 Å². The SMILES string of the molecule is Cc1cc(CN2CCSCC2)ccc1NC(=O)c1ccc(Cn2nc(C)c([N+](=O)[O-])c2C)cc1. The largest absolute Gasteiger partial charge is 0.322 e. The maximum atomic E-state index is 12.8. The van der Waals surface area contributed by atoms with Crippen LogP contribution < -0.4 is 5.32 Å². The Hall–Kier alpha value is -3.17. The summed E-state index contributed by atoms with van der Waals surface area (Å²) in [5, 5.41) is 18.5. The van der Waals surface area contributed by atoms with Crippen LogP contribution in [0.1, 0.15) is 38.4 Å². The van der Waals surface area contributed by atoms with Crippen LogP contribution in [-0.4, -0.2) is 50.1 Å². The van der Waals surface area contributed by atoms with Crippen molar-refractivity contribution in [2.75, 3.05) is 29.9 Å². The number of carbonyl (C=O) groups excluding carboxylic acids is 1. The highest BCUT2D eigenvalue weighted by Gasteiger charge is 2.21. The smallest absolute Gasteiger partial charge is 0.312 e. The molecule has 2 aromatic carbocycles. The topological polar surface area (TPSA) is 93.3 Å². The van der Waals surface area contributed by atoms with E-state index in [1.54, 1.807) is 30.7 Å². The number of hydrogen-bond donors (Lipinski definition) is 1. The van der Waals surface area contributed by atoms with E-state index in [1.165, 1.54) is 17.1 Å². The van der Waals surface area contributed by atoms with E-state index in [0.717, 1.165) is 36.4 Å². The molecule has 178 valence electrons. The maximum Gasteiger partial charge on any atom is 0.312 e. The zero-order valence-electron chi connectivity index (χ0n) is 19.7. The van der Waals surface area contributed by atoms with Crippen molar-refractivity contribution in [2.45, 2.75) is 33.9 Å². The van der Waals surface area contributed by atoms with Crippen molar-refractivity contribution in [3.63, 3.8) is 0 Å². The molecule has 34 heavy (non-hydrogen) atoms. The molecule has 4 rings (SSSR count). The average Bonchev–Trinajstić information content (AvgIpc) is 3.09. The van der Waals surface area contributed by atoms with Crippen molar-refractivity contribution >= 4 is 29.0 Å². The summed E-state index contributed by atoms with van der Waals surface area (Å²) in [7, 11) is 0. The molecule has 0 atom stereocenters. The van der Waals surface area contributed by atoms with Crippen LogP contribution in [0.15, 0.2) is 42.5 Å². The molecular formula is C25H29N5O3S. The Balaban J connectivity index is 1.39. The molecule has 1 aromatic heterocycles. The molecule has 1 N–H and O–H groups in total. The highest BCUT2D eigenvalue weighted by Crippen LogP contribution is 2.23. The van der Waals surface area contributed by atoms with Gasteiger partial charge in [0.15, 0.2) is 0 Å². The van der Waals surface area contributed by atoms with Gasteiger partial charge in [0.2, 0.25) is 0 Å². The maximum absolute atomic E-state index is 12.8. The van der Waals surface area contributed by atoms with Crippen LogP contribution >= 0.6 is 11.8 Å². The first-order chi connectivity index (χ1) is 16.3. The summed E-state index contributed by atoms with van der Waals surface area (Å²) < 4.78 is 1.62. The number of rotatable bonds is 7. The van der Waals surface area contributed by atoms with E-state index in [1.807, 2.05) is 36.9 Å². The quantitative estimate of drug-likeness (QED) is 0.394. The Morgan fingerprint density at radius 2 is 1.74 bits per heavy atom. The number of amides is 1. The molecule has 0 unspecified atom stereocenters. The molecule has 2 heterocycles. The van der Waals surface area contributed by atoms with E-state index in [4.69, 9.17) is 0 Å². The van der Waals surface area contributed by atoms with Gasteiger partial charge in [-0.05, 0) is 55.7 Å². The molecule has 0 aliphatic carbocycles. The average molecular weight is 480 g/mol. The molecule has 1 aliphatic heterocycles. The van der Waals surface area contributed by atoms with Crippen molar-refractivity contribution in [3.8, 4) is 0 Å². The second-order valence-electron chi connectivity index (χ2n) is 8.62. The number of anilines is 1. The van der Waals surface area contributed by atoms with Crippen LogP contribution in [0.5, 0.6) is 0 Å². The van der Waals surface area contributed by atoms with E-state index in [0.29, 0.717) is 23.5 Å². The number of hydrogen-bond acceptors (Lipinski definition) is 6. The Kier molecular flexibility index (Phi) is 7.33. The minimum absolute atomic E-state index is 0.0484. The lowest BCUT2D eigenvalue weighted by molar-refractivity contribution is -0.386. The van der Waals surface area contributed by atoms with E-state index >= 15 is 0 Å². The third-order valence-corrected chi connectivity index (χ3v) is 7.07. The number of aromatic nitrogens is 2. The van der Waals surface area contributed by atoms with Crippen molar-refractivity contribution in [2.24, 2.45) is 0 Å². The number of carbonyl (C=O) groups is 1. The second-order valence-corrected chi connectivity index (χ2v) is 9.85. The third kappa shape index (κ3) is 5.48. The van der Waals surface area contributed by atoms with Crippen molar-refractivity contribution < 1.29 is 9.72 Å². The van der Waals surface area contributed by atoms with Gasteiger partial charge in [-0.3, -0.25) is 24.5 Å². The van der Waals surface area contributed by atoms with Crippen LogP contribution in [0.4, 0.5) is 11.4 Å². The first kappa shape index (κ1) is 24.0. The number of aryl methyl sites for hydroxylation is 2. The van der Waals surface area contributed by atoms with Gasteiger partial charge in [-0.25, -0.2) is 0 Å². The summed E-state index contributed by atoms with van der Waals surface area (Å²) in [6, 6.07) is 13.4. The molecule has 8 nitrogen and oxygen atoms in total. The van der Waals surface area contributed by atoms with Crippen LogP contribution in [0.2, 0.25) is 0 Å². The minimum atomic E-state index is -0.400. The minimum Gasteiger partial charge on any atom is -0.322 e. The third-order valence-electron chi connectivity index (χ3n) is 6.12. The van der Waals surface area contributed by atoms with Crippen LogP contribution in [-0.2, 0) is 13.1 Å². The normalized spacial score (nSPS) is 14.2. The van der Waals surface area contributed by atoms with Gasteiger partial charge in [0.25, 0.3) is 5.91 Å². The van der Waals surface area contributed by atoms with Gasteiger partial charge in [0, 0.05) is 42.4 Å². The summed E-state index contributed by atoms with van der Waals surface area (Å²) in [5.41, 5.74) is 5.54. The Bertz CT molecular complexity index is 1200. The Morgan fingerprint density at radius 3 is 2.35 bits per heavy atom. The monoisotopic (exact) mass is 479 g/mol. The predicted octanol–water partition coefficient (Wildman–Crippen LogP) is 4.57. The van der Waals surface area contributed by atoms with Gasteiger partial charge in [0.05, 0.1) is 11.5 Å². The molecule has 1 saturated heterocycles.